The average Bonchev–Trinajstić information content (AvgIpc) is 2.43. The van der Waals surface area contributed by atoms with Gasteiger partial charge in [0.25, 0.3) is 0 Å². The Morgan fingerprint density at radius 3 is 2.83 bits per heavy atom. The van der Waals surface area contributed by atoms with Gasteiger partial charge in [-0.05, 0) is 31.5 Å². The highest BCUT2D eigenvalue weighted by atomic mass is 16.6. The first kappa shape index (κ1) is 12.9. The lowest BCUT2D eigenvalue weighted by atomic mass is 10.1. The summed E-state index contributed by atoms with van der Waals surface area (Å²) in [6, 6.07) is 5.35. The molecule has 0 atom stereocenters. The normalized spacial score (nSPS) is 13.4. The van der Waals surface area contributed by atoms with Gasteiger partial charge in [-0.15, -0.1) is 0 Å². The molecule has 1 aromatic rings. The van der Waals surface area contributed by atoms with E-state index in [1.807, 2.05) is 6.92 Å². The standard InChI is InChI=1S/C14H18O4/c1-2-16-7-3-4-12(15)11-5-6-13-14(10-11)18-9-8-17-13/h5-6,10H,2-4,7-9H2,1H3. The van der Waals surface area contributed by atoms with Crippen LogP contribution in [0, 0.1) is 0 Å². The van der Waals surface area contributed by atoms with E-state index in [0.717, 1.165) is 6.42 Å². The lowest BCUT2D eigenvalue weighted by molar-refractivity contribution is 0.0946. The minimum absolute atomic E-state index is 0.117. The maximum Gasteiger partial charge on any atom is 0.163 e. The van der Waals surface area contributed by atoms with E-state index in [0.29, 0.717) is 49.9 Å². The molecule has 0 N–H and O–H groups in total. The molecule has 98 valence electrons. The largest absolute Gasteiger partial charge is 0.486 e. The Labute approximate surface area is 107 Å². The molecule has 1 heterocycles. The minimum atomic E-state index is 0.117. The van der Waals surface area contributed by atoms with Crippen molar-refractivity contribution in [2.24, 2.45) is 0 Å². The fourth-order valence-electron chi connectivity index (χ4n) is 1.84. The number of ketones is 1. The summed E-state index contributed by atoms with van der Waals surface area (Å²) in [6.07, 6.45) is 1.25. The SMILES string of the molecule is CCOCCCC(=O)c1ccc2c(c1)OCCO2. The molecule has 1 aliphatic rings. The Hall–Kier alpha value is -1.55. The molecule has 1 aliphatic heterocycles. The maximum atomic E-state index is 11.9. The topological polar surface area (TPSA) is 44.8 Å². The fraction of sp³-hybridized carbons (Fsp3) is 0.500. The van der Waals surface area contributed by atoms with Gasteiger partial charge in [0.1, 0.15) is 13.2 Å². The number of carbonyl (C=O) groups is 1. The van der Waals surface area contributed by atoms with Gasteiger partial charge in [-0.3, -0.25) is 4.79 Å². The van der Waals surface area contributed by atoms with E-state index in [1.54, 1.807) is 18.2 Å². The third-order valence-corrected chi connectivity index (χ3v) is 2.76. The molecule has 0 spiro atoms. The smallest absolute Gasteiger partial charge is 0.163 e. The van der Waals surface area contributed by atoms with Gasteiger partial charge in [0.15, 0.2) is 17.3 Å². The predicted molar refractivity (Wildman–Crippen MR) is 67.5 cm³/mol. The first-order valence-corrected chi connectivity index (χ1v) is 6.32. The van der Waals surface area contributed by atoms with Crippen LogP contribution in [-0.4, -0.2) is 32.2 Å². The number of Topliss-reactive ketones (excluding diaryl/α,β-unsaturated/α-hetero) is 1. The Bertz CT molecular complexity index is 414. The van der Waals surface area contributed by atoms with Crippen LogP contribution in [0.25, 0.3) is 0 Å². The zero-order chi connectivity index (χ0) is 12.8. The van der Waals surface area contributed by atoms with E-state index in [2.05, 4.69) is 0 Å². The van der Waals surface area contributed by atoms with Crippen molar-refractivity contribution in [1.82, 2.24) is 0 Å². The zero-order valence-electron chi connectivity index (χ0n) is 10.6. The van der Waals surface area contributed by atoms with Crippen LogP contribution in [0.2, 0.25) is 0 Å². The molecular weight excluding hydrogens is 232 g/mol. The Morgan fingerprint density at radius 1 is 1.28 bits per heavy atom. The van der Waals surface area contributed by atoms with Gasteiger partial charge in [-0.25, -0.2) is 0 Å². The van der Waals surface area contributed by atoms with E-state index < -0.39 is 0 Å². The first-order valence-electron chi connectivity index (χ1n) is 6.32. The van der Waals surface area contributed by atoms with Crippen LogP contribution in [0.1, 0.15) is 30.1 Å². The molecule has 0 bridgehead atoms. The summed E-state index contributed by atoms with van der Waals surface area (Å²) in [5.41, 5.74) is 0.677. The van der Waals surface area contributed by atoms with Crippen molar-refractivity contribution in [3.05, 3.63) is 23.8 Å². The number of hydrogen-bond acceptors (Lipinski definition) is 4. The lowest BCUT2D eigenvalue weighted by Crippen LogP contribution is -2.15. The molecule has 0 aliphatic carbocycles. The van der Waals surface area contributed by atoms with Crippen LogP contribution in [0.15, 0.2) is 18.2 Å². The molecule has 0 fully saturated rings. The Morgan fingerprint density at radius 2 is 2.06 bits per heavy atom. The monoisotopic (exact) mass is 250 g/mol. The molecule has 0 amide bonds. The lowest BCUT2D eigenvalue weighted by Gasteiger charge is -2.18. The number of rotatable bonds is 6. The number of carbonyl (C=O) groups excluding carboxylic acids is 1. The van der Waals surface area contributed by atoms with Crippen molar-refractivity contribution in [3.8, 4) is 11.5 Å². The van der Waals surface area contributed by atoms with E-state index >= 15 is 0 Å². The molecule has 0 saturated heterocycles. The average molecular weight is 250 g/mol. The summed E-state index contributed by atoms with van der Waals surface area (Å²) in [7, 11) is 0. The van der Waals surface area contributed by atoms with E-state index in [-0.39, 0.29) is 5.78 Å². The quantitative estimate of drug-likeness (QED) is 0.574. The van der Waals surface area contributed by atoms with Gasteiger partial charge in [0.05, 0.1) is 0 Å². The Balaban J connectivity index is 1.94. The van der Waals surface area contributed by atoms with Gasteiger partial charge in [0, 0.05) is 25.2 Å². The van der Waals surface area contributed by atoms with Gasteiger partial charge in [0.2, 0.25) is 0 Å². The van der Waals surface area contributed by atoms with Gasteiger partial charge in [-0.1, -0.05) is 0 Å². The molecule has 0 saturated carbocycles. The van der Waals surface area contributed by atoms with Crippen molar-refractivity contribution in [2.45, 2.75) is 19.8 Å². The van der Waals surface area contributed by atoms with Crippen LogP contribution in [0.5, 0.6) is 11.5 Å². The molecule has 18 heavy (non-hydrogen) atoms. The highest BCUT2D eigenvalue weighted by molar-refractivity contribution is 5.96. The summed E-state index contributed by atoms with van der Waals surface area (Å²) < 4.78 is 16.1. The molecule has 2 rings (SSSR count). The summed E-state index contributed by atoms with van der Waals surface area (Å²) in [5.74, 6) is 1.50. The molecular formula is C14H18O4. The zero-order valence-corrected chi connectivity index (χ0v) is 10.6. The first-order chi connectivity index (χ1) is 8.81. The fourth-order valence-corrected chi connectivity index (χ4v) is 1.84. The summed E-state index contributed by atoms with van der Waals surface area (Å²) >= 11 is 0. The summed E-state index contributed by atoms with van der Waals surface area (Å²) in [6.45, 7) is 4.37. The van der Waals surface area contributed by atoms with Gasteiger partial charge in [-0.2, -0.15) is 0 Å². The number of ether oxygens (including phenoxy) is 3. The van der Waals surface area contributed by atoms with Gasteiger partial charge < -0.3 is 14.2 Å². The van der Waals surface area contributed by atoms with Crippen LogP contribution in [0.3, 0.4) is 0 Å². The minimum Gasteiger partial charge on any atom is -0.486 e. The second-order valence-electron chi connectivity index (χ2n) is 4.08. The van der Waals surface area contributed by atoms with Crippen LogP contribution < -0.4 is 9.47 Å². The molecule has 1 aromatic carbocycles. The molecule has 4 heteroatoms. The molecule has 4 nitrogen and oxygen atoms in total. The number of benzene rings is 1. The van der Waals surface area contributed by atoms with Gasteiger partial charge >= 0.3 is 0 Å². The highest BCUT2D eigenvalue weighted by Gasteiger charge is 2.14. The van der Waals surface area contributed by atoms with E-state index in [9.17, 15) is 4.79 Å². The second-order valence-corrected chi connectivity index (χ2v) is 4.08. The summed E-state index contributed by atoms with van der Waals surface area (Å²) in [4.78, 5) is 11.9. The number of hydrogen-bond donors (Lipinski definition) is 0. The van der Waals surface area contributed by atoms with Crippen LogP contribution in [-0.2, 0) is 4.74 Å². The van der Waals surface area contributed by atoms with Crippen molar-refractivity contribution in [1.29, 1.82) is 0 Å². The number of fused-ring (bicyclic) bond motifs is 1. The van der Waals surface area contributed by atoms with Crippen LogP contribution >= 0.6 is 0 Å². The van der Waals surface area contributed by atoms with Crippen molar-refractivity contribution >= 4 is 5.78 Å². The maximum absolute atomic E-state index is 11.9. The van der Waals surface area contributed by atoms with Crippen molar-refractivity contribution in [3.63, 3.8) is 0 Å². The second kappa shape index (κ2) is 6.40. The third-order valence-electron chi connectivity index (χ3n) is 2.76. The third kappa shape index (κ3) is 3.23. The molecule has 0 unspecified atom stereocenters. The molecule has 0 aromatic heterocycles. The van der Waals surface area contributed by atoms with Crippen LogP contribution in [0.4, 0.5) is 0 Å². The Kier molecular flexibility index (Phi) is 4.59. The van der Waals surface area contributed by atoms with E-state index in [1.165, 1.54) is 0 Å². The van der Waals surface area contributed by atoms with Crippen molar-refractivity contribution < 1.29 is 19.0 Å². The predicted octanol–water partition coefficient (Wildman–Crippen LogP) is 2.46. The summed E-state index contributed by atoms with van der Waals surface area (Å²) in [5, 5.41) is 0. The van der Waals surface area contributed by atoms with E-state index in [4.69, 9.17) is 14.2 Å². The molecule has 0 radical (unpaired) electrons. The van der Waals surface area contributed by atoms with Crippen molar-refractivity contribution in [2.75, 3.05) is 26.4 Å². The highest BCUT2D eigenvalue weighted by Crippen LogP contribution is 2.31.